The third-order valence-electron chi connectivity index (χ3n) is 5.44. The Hall–Kier alpha value is -3.23. The van der Waals surface area contributed by atoms with E-state index in [-0.39, 0.29) is 5.82 Å². The molecule has 170 valence electrons. The van der Waals surface area contributed by atoms with E-state index in [9.17, 15) is 4.39 Å². The van der Waals surface area contributed by atoms with Crippen molar-refractivity contribution in [1.29, 1.82) is 0 Å². The van der Waals surface area contributed by atoms with Crippen molar-refractivity contribution in [2.24, 2.45) is 0 Å². The second kappa shape index (κ2) is 9.72. The van der Waals surface area contributed by atoms with Gasteiger partial charge >= 0.3 is 0 Å². The molecule has 2 aromatic carbocycles. The highest BCUT2D eigenvalue weighted by Gasteiger charge is 2.15. The molecule has 33 heavy (non-hydrogen) atoms. The zero-order chi connectivity index (χ0) is 23.5. The van der Waals surface area contributed by atoms with Crippen LogP contribution in [0.3, 0.4) is 0 Å². The fourth-order valence-corrected chi connectivity index (χ4v) is 4.04. The number of anilines is 2. The number of halogens is 2. The molecule has 0 saturated carbocycles. The Kier molecular flexibility index (Phi) is 6.76. The van der Waals surface area contributed by atoms with Crippen molar-refractivity contribution in [1.82, 2.24) is 19.6 Å². The highest BCUT2D eigenvalue weighted by Crippen LogP contribution is 2.24. The van der Waals surface area contributed by atoms with Gasteiger partial charge in [-0.25, -0.2) is 4.39 Å². The van der Waals surface area contributed by atoms with E-state index in [4.69, 9.17) is 23.8 Å². The maximum Gasteiger partial charge on any atom is 0.175 e. The first-order valence-corrected chi connectivity index (χ1v) is 11.2. The largest absolute Gasteiger partial charge is 0.330 e. The number of thiocarbonyl (C=S) groups is 1. The topological polar surface area (TPSA) is 59.7 Å². The van der Waals surface area contributed by atoms with Crippen molar-refractivity contribution in [3.63, 3.8) is 0 Å². The second-order valence-electron chi connectivity index (χ2n) is 7.87. The first-order chi connectivity index (χ1) is 15.8. The van der Waals surface area contributed by atoms with E-state index in [2.05, 4.69) is 39.9 Å². The van der Waals surface area contributed by atoms with E-state index in [0.29, 0.717) is 23.2 Å². The van der Waals surface area contributed by atoms with Gasteiger partial charge in [0.15, 0.2) is 5.11 Å². The Morgan fingerprint density at radius 1 is 1.06 bits per heavy atom. The molecule has 0 aliphatic heterocycles. The van der Waals surface area contributed by atoms with Crippen molar-refractivity contribution in [3.05, 3.63) is 93.8 Å². The van der Waals surface area contributed by atoms with Crippen molar-refractivity contribution < 1.29 is 4.39 Å². The average molecular weight is 483 g/mol. The van der Waals surface area contributed by atoms with Crippen LogP contribution in [0.4, 0.5) is 15.8 Å². The number of benzene rings is 2. The molecule has 9 heteroatoms. The molecule has 0 fully saturated rings. The van der Waals surface area contributed by atoms with E-state index in [1.54, 1.807) is 12.3 Å². The summed E-state index contributed by atoms with van der Waals surface area (Å²) in [6, 6.07) is 12.6. The number of nitrogens with zero attached hydrogens (tertiary/aromatic N) is 4. The van der Waals surface area contributed by atoms with Gasteiger partial charge in [0, 0.05) is 11.2 Å². The lowest BCUT2D eigenvalue weighted by atomic mass is 10.1. The molecule has 0 aliphatic rings. The van der Waals surface area contributed by atoms with Crippen molar-refractivity contribution in [3.8, 4) is 0 Å². The fourth-order valence-electron chi connectivity index (χ4n) is 3.60. The lowest BCUT2D eigenvalue weighted by molar-refractivity contribution is 0.622. The minimum absolute atomic E-state index is 0.363. The summed E-state index contributed by atoms with van der Waals surface area (Å²) in [7, 11) is 0. The molecule has 6 nitrogen and oxygen atoms in total. The van der Waals surface area contributed by atoms with Gasteiger partial charge < -0.3 is 10.6 Å². The van der Waals surface area contributed by atoms with Gasteiger partial charge in [-0.15, -0.1) is 0 Å². The first kappa shape index (κ1) is 22.9. The Bertz CT molecular complexity index is 1310. The van der Waals surface area contributed by atoms with Gasteiger partial charge in [-0.1, -0.05) is 41.9 Å². The van der Waals surface area contributed by atoms with Gasteiger partial charge in [0.05, 0.1) is 42.0 Å². The number of hydrogen-bond acceptors (Lipinski definition) is 3. The van der Waals surface area contributed by atoms with Gasteiger partial charge in [-0.05, 0) is 61.8 Å². The SMILES string of the molecule is Cc1ccccc1Cn1cc(NC(=S)Nc2c(C)nn(Cc3ccc(F)cc3Cl)c2C)cn1. The molecule has 0 unspecified atom stereocenters. The fraction of sp³-hybridized carbons (Fsp3) is 0.208. The number of nitrogens with one attached hydrogen (secondary N) is 2. The molecule has 0 bridgehead atoms. The van der Waals surface area contributed by atoms with Crippen LogP contribution >= 0.6 is 23.8 Å². The monoisotopic (exact) mass is 482 g/mol. The molecule has 0 spiro atoms. The second-order valence-corrected chi connectivity index (χ2v) is 8.69. The summed E-state index contributed by atoms with van der Waals surface area (Å²) in [5.41, 5.74) is 6.53. The zero-order valence-corrected chi connectivity index (χ0v) is 20.1. The molecule has 0 atom stereocenters. The molecule has 4 aromatic rings. The molecule has 0 aliphatic carbocycles. The van der Waals surface area contributed by atoms with Gasteiger partial charge in [-0.2, -0.15) is 10.2 Å². The Balaban J connectivity index is 1.42. The smallest absolute Gasteiger partial charge is 0.175 e. The van der Waals surface area contributed by atoms with Crippen LogP contribution in [0.25, 0.3) is 0 Å². The summed E-state index contributed by atoms with van der Waals surface area (Å²) in [6.45, 7) is 7.06. The molecule has 0 saturated heterocycles. The van der Waals surface area contributed by atoms with Crippen LogP contribution in [0.2, 0.25) is 5.02 Å². The van der Waals surface area contributed by atoms with E-state index in [1.165, 1.54) is 23.3 Å². The van der Waals surface area contributed by atoms with Crippen LogP contribution in [0, 0.1) is 26.6 Å². The molecule has 0 amide bonds. The maximum absolute atomic E-state index is 13.3. The van der Waals surface area contributed by atoms with Crippen LogP contribution in [-0.4, -0.2) is 24.7 Å². The summed E-state index contributed by atoms with van der Waals surface area (Å²) in [5, 5.41) is 16.2. The van der Waals surface area contributed by atoms with Gasteiger partial charge in [0.2, 0.25) is 0 Å². The average Bonchev–Trinajstić information content (AvgIpc) is 3.31. The first-order valence-electron chi connectivity index (χ1n) is 10.4. The van der Waals surface area contributed by atoms with Gasteiger partial charge in [0.1, 0.15) is 5.82 Å². The van der Waals surface area contributed by atoms with Crippen LogP contribution < -0.4 is 10.6 Å². The van der Waals surface area contributed by atoms with Crippen molar-refractivity contribution >= 4 is 40.3 Å². The van der Waals surface area contributed by atoms with Crippen molar-refractivity contribution in [2.45, 2.75) is 33.9 Å². The Morgan fingerprint density at radius 2 is 1.85 bits per heavy atom. The third kappa shape index (κ3) is 5.40. The Morgan fingerprint density at radius 3 is 2.61 bits per heavy atom. The minimum atomic E-state index is -0.363. The van der Waals surface area contributed by atoms with E-state index >= 15 is 0 Å². The van der Waals surface area contributed by atoms with Crippen LogP contribution in [0.15, 0.2) is 54.9 Å². The highest BCUT2D eigenvalue weighted by atomic mass is 35.5. The zero-order valence-electron chi connectivity index (χ0n) is 18.6. The normalized spacial score (nSPS) is 10.9. The maximum atomic E-state index is 13.3. The predicted molar refractivity (Wildman–Crippen MR) is 135 cm³/mol. The van der Waals surface area contributed by atoms with Gasteiger partial charge in [-0.3, -0.25) is 9.36 Å². The summed E-state index contributed by atoms with van der Waals surface area (Å²) in [5.74, 6) is -0.363. The molecule has 2 heterocycles. The minimum Gasteiger partial charge on any atom is -0.330 e. The lowest BCUT2D eigenvalue weighted by Crippen LogP contribution is -2.19. The lowest BCUT2D eigenvalue weighted by Gasteiger charge is -2.10. The van der Waals surface area contributed by atoms with E-state index in [0.717, 1.165) is 28.3 Å². The summed E-state index contributed by atoms with van der Waals surface area (Å²) in [6.07, 6.45) is 3.66. The highest BCUT2D eigenvalue weighted by molar-refractivity contribution is 7.80. The van der Waals surface area contributed by atoms with Crippen molar-refractivity contribution in [2.75, 3.05) is 10.6 Å². The summed E-state index contributed by atoms with van der Waals surface area (Å²) in [4.78, 5) is 0. The third-order valence-corrected chi connectivity index (χ3v) is 6.00. The van der Waals surface area contributed by atoms with Gasteiger partial charge in [0.25, 0.3) is 0 Å². The van der Waals surface area contributed by atoms with E-state index < -0.39 is 0 Å². The number of hydrogen-bond donors (Lipinski definition) is 2. The van der Waals surface area contributed by atoms with Crippen LogP contribution in [-0.2, 0) is 13.1 Å². The number of aryl methyl sites for hydroxylation is 2. The number of rotatable bonds is 6. The summed E-state index contributed by atoms with van der Waals surface area (Å²) < 4.78 is 17.0. The van der Waals surface area contributed by atoms with Crippen LogP contribution in [0.5, 0.6) is 0 Å². The molecular weight excluding hydrogens is 459 g/mol. The molecule has 0 radical (unpaired) electrons. The molecule has 2 aromatic heterocycles. The van der Waals surface area contributed by atoms with E-state index in [1.807, 2.05) is 41.5 Å². The Labute approximate surface area is 202 Å². The number of aromatic nitrogens is 4. The predicted octanol–water partition coefficient (Wildman–Crippen LogP) is 5.70. The van der Waals surface area contributed by atoms with Crippen LogP contribution in [0.1, 0.15) is 28.1 Å². The molecule has 4 rings (SSSR count). The summed E-state index contributed by atoms with van der Waals surface area (Å²) >= 11 is 11.7. The molecule has 2 N–H and O–H groups in total. The quantitative estimate of drug-likeness (QED) is 0.345. The standard InChI is InChI=1S/C24H24ClFN6S/c1-15-6-4-5-7-18(15)12-31-14-21(11-27-31)28-24(33)29-23-16(2)30-32(17(23)3)13-19-8-9-20(26)10-22(19)25/h4-11,14H,12-13H2,1-3H3,(H2,28,29,33). The molecular formula is C24H24ClFN6S.